The molecule has 0 aliphatic carbocycles. The number of pyridine rings is 1. The van der Waals surface area contributed by atoms with Crippen molar-refractivity contribution in [3.05, 3.63) is 72.8 Å². The second-order valence-electron chi connectivity index (χ2n) is 6.56. The Hall–Kier alpha value is -3.19. The first kappa shape index (κ1) is 17.2. The molecule has 1 N–H and O–H groups in total. The molecule has 2 amide bonds. The predicted molar refractivity (Wildman–Crippen MR) is 104 cm³/mol. The van der Waals surface area contributed by atoms with Crippen LogP contribution in [0.15, 0.2) is 67.3 Å². The molecule has 27 heavy (non-hydrogen) atoms. The second kappa shape index (κ2) is 8.01. The summed E-state index contributed by atoms with van der Waals surface area (Å²) in [6.07, 6.45) is 7.29. The lowest BCUT2D eigenvalue weighted by Crippen LogP contribution is -2.49. The molecule has 0 spiro atoms. The number of nitrogens with one attached hydrogen (secondary N) is 1. The summed E-state index contributed by atoms with van der Waals surface area (Å²) in [5.41, 5.74) is 2.88. The molecule has 1 aromatic carbocycles. The van der Waals surface area contributed by atoms with Gasteiger partial charge in [-0.1, -0.05) is 12.1 Å². The van der Waals surface area contributed by atoms with Gasteiger partial charge >= 0.3 is 6.03 Å². The number of carbonyl (C=O) groups is 1. The molecule has 0 bridgehead atoms. The molecule has 7 nitrogen and oxygen atoms in total. The fraction of sp³-hybridized carbons (Fsp3) is 0.250. The molecule has 3 aromatic rings. The third-order valence-electron chi connectivity index (χ3n) is 4.65. The number of urea groups is 1. The van der Waals surface area contributed by atoms with Crippen molar-refractivity contribution in [3.8, 4) is 5.69 Å². The van der Waals surface area contributed by atoms with Crippen molar-refractivity contribution in [2.24, 2.45) is 0 Å². The van der Waals surface area contributed by atoms with Crippen LogP contribution in [0.2, 0.25) is 0 Å². The Kier molecular flexibility index (Phi) is 5.11. The molecule has 1 aliphatic heterocycles. The van der Waals surface area contributed by atoms with Crippen molar-refractivity contribution in [1.29, 1.82) is 0 Å². The number of hydrogen-bond acceptors (Lipinski definition) is 4. The lowest BCUT2D eigenvalue weighted by molar-refractivity contribution is 0.143. The maximum absolute atomic E-state index is 12.6. The highest BCUT2D eigenvalue weighted by molar-refractivity contribution is 5.89. The summed E-state index contributed by atoms with van der Waals surface area (Å²) < 4.78 is 1.77. The number of rotatable bonds is 4. The number of benzene rings is 1. The maximum Gasteiger partial charge on any atom is 0.321 e. The van der Waals surface area contributed by atoms with Gasteiger partial charge < -0.3 is 10.2 Å². The van der Waals surface area contributed by atoms with Gasteiger partial charge in [0.05, 0.1) is 5.69 Å². The highest BCUT2D eigenvalue weighted by atomic mass is 16.2. The molecule has 1 fully saturated rings. The van der Waals surface area contributed by atoms with Crippen LogP contribution in [-0.4, -0.2) is 56.8 Å². The van der Waals surface area contributed by atoms with Gasteiger partial charge in [0.25, 0.3) is 0 Å². The average molecular weight is 362 g/mol. The van der Waals surface area contributed by atoms with E-state index in [9.17, 15) is 4.79 Å². The predicted octanol–water partition coefficient (Wildman–Crippen LogP) is 2.62. The summed E-state index contributed by atoms with van der Waals surface area (Å²) in [7, 11) is 0. The van der Waals surface area contributed by atoms with Crippen LogP contribution in [-0.2, 0) is 6.54 Å². The van der Waals surface area contributed by atoms with E-state index in [4.69, 9.17) is 0 Å². The monoisotopic (exact) mass is 362 g/mol. The molecule has 3 heterocycles. The van der Waals surface area contributed by atoms with E-state index in [0.29, 0.717) is 13.1 Å². The van der Waals surface area contributed by atoms with Crippen molar-refractivity contribution in [2.75, 3.05) is 31.5 Å². The van der Waals surface area contributed by atoms with Crippen molar-refractivity contribution in [1.82, 2.24) is 24.6 Å². The minimum atomic E-state index is -0.0614. The molecule has 0 saturated carbocycles. The molecule has 4 rings (SSSR count). The SMILES string of the molecule is O=C(Nc1cccc(-n2cccn2)c1)N1CCN(Cc2cccnc2)CC1. The zero-order valence-corrected chi connectivity index (χ0v) is 15.0. The molecular formula is C20H22N6O. The zero-order chi connectivity index (χ0) is 18.5. The minimum Gasteiger partial charge on any atom is -0.322 e. The van der Waals surface area contributed by atoms with Gasteiger partial charge in [0.1, 0.15) is 0 Å². The van der Waals surface area contributed by atoms with Crippen molar-refractivity contribution in [3.63, 3.8) is 0 Å². The number of hydrogen-bond donors (Lipinski definition) is 1. The molecule has 138 valence electrons. The van der Waals surface area contributed by atoms with Gasteiger partial charge in [-0.15, -0.1) is 0 Å². The summed E-state index contributed by atoms with van der Waals surface area (Å²) >= 11 is 0. The molecule has 1 saturated heterocycles. The molecule has 0 radical (unpaired) electrons. The van der Waals surface area contributed by atoms with Crippen molar-refractivity contribution < 1.29 is 4.79 Å². The van der Waals surface area contributed by atoms with Gasteiger partial charge in [-0.05, 0) is 35.9 Å². The van der Waals surface area contributed by atoms with Gasteiger partial charge in [-0.25, -0.2) is 9.48 Å². The third-order valence-corrected chi connectivity index (χ3v) is 4.65. The largest absolute Gasteiger partial charge is 0.322 e. The Morgan fingerprint density at radius 2 is 1.93 bits per heavy atom. The van der Waals surface area contributed by atoms with Crippen LogP contribution in [0.4, 0.5) is 10.5 Å². The maximum atomic E-state index is 12.6. The van der Waals surface area contributed by atoms with E-state index in [0.717, 1.165) is 31.0 Å². The first-order valence-corrected chi connectivity index (χ1v) is 9.05. The lowest BCUT2D eigenvalue weighted by atomic mass is 10.2. The van der Waals surface area contributed by atoms with E-state index in [1.807, 2.05) is 53.7 Å². The van der Waals surface area contributed by atoms with E-state index in [-0.39, 0.29) is 6.03 Å². The summed E-state index contributed by atoms with van der Waals surface area (Å²) in [6.45, 7) is 4.01. The first-order valence-electron chi connectivity index (χ1n) is 9.05. The fourth-order valence-corrected chi connectivity index (χ4v) is 3.21. The van der Waals surface area contributed by atoms with Crippen molar-refractivity contribution >= 4 is 11.7 Å². The lowest BCUT2D eigenvalue weighted by Gasteiger charge is -2.34. The summed E-state index contributed by atoms with van der Waals surface area (Å²) in [5.74, 6) is 0. The summed E-state index contributed by atoms with van der Waals surface area (Å²) in [6, 6.07) is 13.5. The van der Waals surface area contributed by atoms with E-state index < -0.39 is 0 Å². The van der Waals surface area contributed by atoms with Crippen LogP contribution in [0.1, 0.15) is 5.56 Å². The standard InChI is InChI=1S/C20H22N6O/c27-20(23-18-5-1-6-19(14-18)26-9-3-8-22-26)25-12-10-24(11-13-25)16-17-4-2-7-21-15-17/h1-9,14-15H,10-13,16H2,(H,23,27). The summed E-state index contributed by atoms with van der Waals surface area (Å²) in [4.78, 5) is 21.0. The van der Waals surface area contributed by atoms with Crippen LogP contribution in [0.5, 0.6) is 0 Å². The Balaban J connectivity index is 1.31. The van der Waals surface area contributed by atoms with Crippen molar-refractivity contribution in [2.45, 2.75) is 6.54 Å². The van der Waals surface area contributed by atoms with Gasteiger partial charge in [-0.3, -0.25) is 9.88 Å². The number of aromatic nitrogens is 3. The van der Waals surface area contributed by atoms with E-state index in [1.54, 1.807) is 17.1 Å². The highest BCUT2D eigenvalue weighted by Crippen LogP contribution is 2.15. The van der Waals surface area contributed by atoms with E-state index >= 15 is 0 Å². The first-order chi connectivity index (χ1) is 13.3. The Morgan fingerprint density at radius 3 is 2.67 bits per heavy atom. The van der Waals surface area contributed by atoms with Crippen LogP contribution < -0.4 is 5.32 Å². The van der Waals surface area contributed by atoms with Gasteiger partial charge in [0.2, 0.25) is 0 Å². The molecule has 1 aliphatic rings. The van der Waals surface area contributed by atoms with Crippen LogP contribution in [0, 0.1) is 0 Å². The number of carbonyl (C=O) groups excluding carboxylic acids is 1. The third kappa shape index (κ3) is 4.32. The van der Waals surface area contributed by atoms with Gasteiger partial charge in [0.15, 0.2) is 0 Å². The van der Waals surface area contributed by atoms with Crippen LogP contribution in [0.3, 0.4) is 0 Å². The normalized spacial score (nSPS) is 14.9. The van der Waals surface area contributed by atoms with E-state index in [2.05, 4.69) is 26.4 Å². The minimum absolute atomic E-state index is 0.0614. The molecule has 0 atom stereocenters. The summed E-state index contributed by atoms with van der Waals surface area (Å²) in [5, 5.41) is 7.22. The zero-order valence-electron chi connectivity index (χ0n) is 15.0. The quantitative estimate of drug-likeness (QED) is 0.775. The molecule has 7 heteroatoms. The Morgan fingerprint density at radius 1 is 1.04 bits per heavy atom. The fourth-order valence-electron chi connectivity index (χ4n) is 3.21. The number of anilines is 1. The smallest absolute Gasteiger partial charge is 0.321 e. The number of nitrogens with zero attached hydrogens (tertiary/aromatic N) is 5. The van der Waals surface area contributed by atoms with Crippen LogP contribution in [0.25, 0.3) is 5.69 Å². The average Bonchev–Trinajstić information content (AvgIpc) is 3.24. The highest BCUT2D eigenvalue weighted by Gasteiger charge is 2.21. The molecule has 0 unspecified atom stereocenters. The number of piperazine rings is 1. The van der Waals surface area contributed by atoms with Gasteiger partial charge in [0, 0.05) is 63.2 Å². The molecule has 2 aromatic heterocycles. The topological polar surface area (TPSA) is 66.3 Å². The van der Waals surface area contributed by atoms with Gasteiger partial charge in [-0.2, -0.15) is 5.10 Å². The van der Waals surface area contributed by atoms with Crippen LogP contribution >= 0.6 is 0 Å². The Bertz CT molecular complexity index is 873. The molecular weight excluding hydrogens is 340 g/mol. The second-order valence-corrected chi connectivity index (χ2v) is 6.56. The van der Waals surface area contributed by atoms with E-state index in [1.165, 1.54) is 5.56 Å². The number of amides is 2. The Labute approximate surface area is 158 Å².